The minimum atomic E-state index is -3.25. The van der Waals surface area contributed by atoms with Crippen LogP contribution in [-0.4, -0.2) is 24.9 Å². The molecule has 0 amide bonds. The predicted molar refractivity (Wildman–Crippen MR) is 42.1 cm³/mol. The third-order valence-corrected chi connectivity index (χ3v) is 1.61. The maximum Gasteiger partial charge on any atom is 0.231 e. The second-order valence-electron chi connectivity index (χ2n) is 1.98. The summed E-state index contributed by atoms with van der Waals surface area (Å²) in [6, 6.07) is 1.38. The van der Waals surface area contributed by atoms with Crippen LogP contribution in [0.15, 0.2) is 6.07 Å². The Hall–Kier alpha value is -0.750. The minimum Gasteiger partial charge on any atom is -0.266 e. The van der Waals surface area contributed by atoms with E-state index in [-0.39, 0.29) is 11.0 Å². The summed E-state index contributed by atoms with van der Waals surface area (Å²) >= 11 is 5.44. The molecule has 5 nitrogen and oxygen atoms in total. The average molecular weight is 196 g/mol. The topological polar surface area (TPSA) is 74.8 Å². The summed E-state index contributed by atoms with van der Waals surface area (Å²) in [6.45, 7) is 0. The van der Waals surface area contributed by atoms with E-state index in [1.807, 2.05) is 0 Å². The fourth-order valence-corrected chi connectivity index (χ4v) is 1.17. The first-order valence-electron chi connectivity index (χ1n) is 2.66. The molecule has 0 saturated carbocycles. The molecule has 1 rings (SSSR count). The van der Waals surface area contributed by atoms with Crippen LogP contribution in [0, 0.1) is 0 Å². The van der Waals surface area contributed by atoms with Crippen molar-refractivity contribution < 1.29 is 8.42 Å². The molecular formula is C4H6ClN3O2S. The highest BCUT2D eigenvalue weighted by Crippen LogP contribution is 2.10. The van der Waals surface area contributed by atoms with Crippen LogP contribution in [0.5, 0.6) is 0 Å². The van der Waals surface area contributed by atoms with Crippen molar-refractivity contribution in [1.29, 1.82) is 0 Å². The molecule has 0 aliphatic heterocycles. The zero-order chi connectivity index (χ0) is 8.48. The Balaban J connectivity index is 2.81. The number of sulfonamides is 1. The van der Waals surface area contributed by atoms with Crippen LogP contribution in [0.1, 0.15) is 0 Å². The van der Waals surface area contributed by atoms with Crippen LogP contribution in [0.2, 0.25) is 5.15 Å². The summed E-state index contributed by atoms with van der Waals surface area (Å²) in [5.41, 5.74) is 0. The van der Waals surface area contributed by atoms with E-state index in [0.29, 0.717) is 0 Å². The van der Waals surface area contributed by atoms with Crippen LogP contribution in [0.4, 0.5) is 5.82 Å². The minimum absolute atomic E-state index is 0.192. The van der Waals surface area contributed by atoms with Crippen molar-refractivity contribution in [2.45, 2.75) is 0 Å². The number of rotatable bonds is 2. The Morgan fingerprint density at radius 1 is 1.73 bits per heavy atom. The molecule has 7 heteroatoms. The highest BCUT2D eigenvalue weighted by atomic mass is 35.5. The van der Waals surface area contributed by atoms with Crippen molar-refractivity contribution in [2.24, 2.45) is 0 Å². The molecule has 1 aromatic heterocycles. The largest absolute Gasteiger partial charge is 0.266 e. The summed E-state index contributed by atoms with van der Waals surface area (Å²) in [7, 11) is -3.25. The van der Waals surface area contributed by atoms with Crippen molar-refractivity contribution >= 4 is 27.4 Å². The van der Waals surface area contributed by atoms with E-state index >= 15 is 0 Å². The summed E-state index contributed by atoms with van der Waals surface area (Å²) in [6.07, 6.45) is 1.04. The lowest BCUT2D eigenvalue weighted by atomic mass is 10.7. The van der Waals surface area contributed by atoms with Crippen molar-refractivity contribution in [3.05, 3.63) is 11.2 Å². The third-order valence-electron chi connectivity index (χ3n) is 0.837. The molecule has 62 valence electrons. The molecule has 1 heterocycles. The Kier molecular flexibility index (Phi) is 2.05. The number of nitrogens with one attached hydrogen (secondary N) is 2. The molecule has 0 bridgehead atoms. The lowest BCUT2D eigenvalue weighted by Crippen LogP contribution is -2.09. The number of aromatic amines is 1. The molecule has 0 aliphatic rings. The summed E-state index contributed by atoms with van der Waals surface area (Å²) < 4.78 is 23.4. The van der Waals surface area contributed by atoms with Gasteiger partial charge >= 0.3 is 0 Å². The highest BCUT2D eigenvalue weighted by molar-refractivity contribution is 7.92. The SMILES string of the molecule is CS(=O)(=O)Nc1cc(Cl)[nH]n1. The fraction of sp³-hybridized carbons (Fsp3) is 0.250. The van der Waals surface area contributed by atoms with Crippen molar-refractivity contribution in [3.63, 3.8) is 0 Å². The van der Waals surface area contributed by atoms with Crippen molar-refractivity contribution in [2.75, 3.05) is 11.0 Å². The van der Waals surface area contributed by atoms with Gasteiger partial charge in [0, 0.05) is 6.07 Å². The molecule has 0 radical (unpaired) electrons. The number of hydrogen-bond acceptors (Lipinski definition) is 3. The molecule has 0 saturated heterocycles. The molecule has 0 unspecified atom stereocenters. The summed E-state index contributed by atoms with van der Waals surface area (Å²) in [5.74, 6) is 0.192. The van der Waals surface area contributed by atoms with E-state index in [4.69, 9.17) is 11.6 Å². The number of halogens is 1. The number of nitrogens with zero attached hydrogens (tertiary/aromatic N) is 1. The average Bonchev–Trinajstić information content (AvgIpc) is 2.10. The van der Waals surface area contributed by atoms with E-state index in [0.717, 1.165) is 6.26 Å². The Bertz CT molecular complexity index is 344. The second kappa shape index (κ2) is 2.71. The molecule has 0 atom stereocenters. The molecular weight excluding hydrogens is 190 g/mol. The summed E-state index contributed by atoms with van der Waals surface area (Å²) in [4.78, 5) is 0. The first kappa shape index (κ1) is 8.35. The number of hydrogen-bond donors (Lipinski definition) is 2. The maximum absolute atomic E-state index is 10.6. The highest BCUT2D eigenvalue weighted by Gasteiger charge is 2.03. The zero-order valence-electron chi connectivity index (χ0n) is 5.63. The van der Waals surface area contributed by atoms with Gasteiger partial charge in [-0.05, 0) is 0 Å². The first-order valence-corrected chi connectivity index (χ1v) is 4.93. The Morgan fingerprint density at radius 2 is 2.36 bits per heavy atom. The maximum atomic E-state index is 10.6. The monoisotopic (exact) mass is 195 g/mol. The van der Waals surface area contributed by atoms with Gasteiger partial charge in [-0.3, -0.25) is 9.82 Å². The van der Waals surface area contributed by atoms with E-state index in [1.165, 1.54) is 6.07 Å². The van der Waals surface area contributed by atoms with Gasteiger partial charge < -0.3 is 0 Å². The normalized spacial score (nSPS) is 11.5. The van der Waals surface area contributed by atoms with E-state index < -0.39 is 10.0 Å². The Morgan fingerprint density at radius 3 is 2.73 bits per heavy atom. The van der Waals surface area contributed by atoms with Crippen molar-refractivity contribution in [3.8, 4) is 0 Å². The van der Waals surface area contributed by atoms with Gasteiger partial charge in [-0.1, -0.05) is 11.6 Å². The lowest BCUT2D eigenvalue weighted by Gasteiger charge is -1.95. The molecule has 2 N–H and O–H groups in total. The molecule has 0 aliphatic carbocycles. The molecule has 1 aromatic rings. The quantitative estimate of drug-likeness (QED) is 0.719. The lowest BCUT2D eigenvalue weighted by molar-refractivity contribution is 0.606. The van der Waals surface area contributed by atoms with Crippen molar-refractivity contribution in [1.82, 2.24) is 10.2 Å². The zero-order valence-corrected chi connectivity index (χ0v) is 7.20. The number of anilines is 1. The third kappa shape index (κ3) is 2.77. The van der Waals surface area contributed by atoms with Gasteiger partial charge in [0.25, 0.3) is 0 Å². The van der Waals surface area contributed by atoms with Crippen LogP contribution < -0.4 is 4.72 Å². The van der Waals surface area contributed by atoms with E-state index in [2.05, 4.69) is 14.9 Å². The number of H-pyrrole nitrogens is 1. The van der Waals surface area contributed by atoms with Gasteiger partial charge in [-0.25, -0.2) is 8.42 Å². The van der Waals surface area contributed by atoms with Gasteiger partial charge in [-0.2, -0.15) is 5.10 Å². The molecule has 0 fully saturated rings. The predicted octanol–water partition coefficient (Wildman–Crippen LogP) is 0.435. The smallest absolute Gasteiger partial charge is 0.231 e. The van der Waals surface area contributed by atoms with E-state index in [1.54, 1.807) is 0 Å². The van der Waals surface area contributed by atoms with Crippen LogP contribution in [0.3, 0.4) is 0 Å². The standard InChI is InChI=1S/C4H6ClN3O2S/c1-11(9,10)8-4-2-3(5)6-7-4/h2H,1H3,(H2,6,7,8). The summed E-state index contributed by atoms with van der Waals surface area (Å²) in [5, 5.41) is 6.22. The van der Waals surface area contributed by atoms with Gasteiger partial charge in [0.2, 0.25) is 10.0 Å². The van der Waals surface area contributed by atoms with Gasteiger partial charge in [0.05, 0.1) is 6.26 Å². The molecule has 11 heavy (non-hydrogen) atoms. The van der Waals surface area contributed by atoms with Gasteiger partial charge in [0.15, 0.2) is 5.82 Å². The molecule has 0 aromatic carbocycles. The first-order chi connectivity index (χ1) is 4.97. The van der Waals surface area contributed by atoms with Gasteiger partial charge in [-0.15, -0.1) is 0 Å². The molecule has 0 spiro atoms. The Labute approximate surface area is 68.8 Å². The van der Waals surface area contributed by atoms with Crippen LogP contribution in [0.25, 0.3) is 0 Å². The van der Waals surface area contributed by atoms with Crippen LogP contribution >= 0.6 is 11.6 Å². The number of aromatic nitrogens is 2. The van der Waals surface area contributed by atoms with Crippen LogP contribution in [-0.2, 0) is 10.0 Å². The second-order valence-corrected chi connectivity index (χ2v) is 4.13. The fourth-order valence-electron chi connectivity index (χ4n) is 0.540. The van der Waals surface area contributed by atoms with Gasteiger partial charge in [0.1, 0.15) is 5.15 Å². The van der Waals surface area contributed by atoms with E-state index in [9.17, 15) is 8.42 Å².